The largest absolute Gasteiger partial charge is 0.493 e. The first-order valence-electron chi connectivity index (χ1n) is 13.1. The van der Waals surface area contributed by atoms with Gasteiger partial charge in [0.1, 0.15) is 0 Å². The van der Waals surface area contributed by atoms with Crippen LogP contribution in [-0.2, 0) is 21.5 Å². The van der Waals surface area contributed by atoms with Crippen LogP contribution in [-0.4, -0.2) is 38.1 Å². The van der Waals surface area contributed by atoms with Gasteiger partial charge in [0.2, 0.25) is 5.91 Å². The van der Waals surface area contributed by atoms with Crippen LogP contribution in [0.3, 0.4) is 0 Å². The second-order valence-corrected chi connectivity index (χ2v) is 11.2. The van der Waals surface area contributed by atoms with Gasteiger partial charge in [-0.05, 0) is 44.9 Å². The van der Waals surface area contributed by atoms with E-state index in [2.05, 4.69) is 6.92 Å². The third-order valence-corrected chi connectivity index (χ3v) is 7.23. The molecule has 0 heterocycles. The van der Waals surface area contributed by atoms with Crippen molar-refractivity contribution < 1.29 is 22.1 Å². The van der Waals surface area contributed by atoms with Crippen molar-refractivity contribution in [3.8, 4) is 11.5 Å². The Morgan fingerprint density at radius 2 is 1.44 bits per heavy atom. The summed E-state index contributed by atoms with van der Waals surface area (Å²) in [5.41, 5.74) is 0.808. The van der Waals surface area contributed by atoms with Crippen molar-refractivity contribution >= 4 is 16.0 Å². The summed E-state index contributed by atoms with van der Waals surface area (Å²) in [5, 5.41) is 0. The third-order valence-electron chi connectivity index (χ3n) is 6.09. The summed E-state index contributed by atoms with van der Waals surface area (Å²) < 4.78 is 34.3. The highest BCUT2D eigenvalue weighted by molar-refractivity contribution is 7.87. The molecule has 1 aromatic rings. The van der Waals surface area contributed by atoms with Crippen LogP contribution < -0.4 is 8.92 Å². The van der Waals surface area contributed by atoms with Gasteiger partial charge in [-0.25, -0.2) is 0 Å². The lowest BCUT2D eigenvalue weighted by atomic mass is 10.0. The molecule has 0 aromatic heterocycles. The molecule has 0 N–H and O–H groups in total. The maximum absolute atomic E-state index is 12.9. The summed E-state index contributed by atoms with van der Waals surface area (Å²) in [4.78, 5) is 14.8. The molecule has 1 aromatic carbocycles. The van der Waals surface area contributed by atoms with E-state index in [4.69, 9.17) is 8.92 Å². The van der Waals surface area contributed by atoms with Crippen molar-refractivity contribution in [1.29, 1.82) is 0 Å². The van der Waals surface area contributed by atoms with E-state index in [1.807, 2.05) is 24.8 Å². The van der Waals surface area contributed by atoms with Gasteiger partial charge in [0.15, 0.2) is 11.5 Å². The lowest BCUT2D eigenvalue weighted by Crippen LogP contribution is -2.36. The van der Waals surface area contributed by atoms with E-state index in [1.165, 1.54) is 71.8 Å². The SMILES string of the molecule is CCCCCCCCCCCCCC(=O)N(Cc1ccc(OC)c(OS(=O)(=O)CC)c1)C(C)C. The summed E-state index contributed by atoms with van der Waals surface area (Å²) in [6.07, 6.45) is 14.3. The van der Waals surface area contributed by atoms with Gasteiger partial charge in [-0.1, -0.05) is 77.2 Å². The van der Waals surface area contributed by atoms with Gasteiger partial charge in [0, 0.05) is 19.0 Å². The quantitative estimate of drug-likeness (QED) is 0.154. The van der Waals surface area contributed by atoms with Gasteiger partial charge in [-0.2, -0.15) is 8.42 Å². The van der Waals surface area contributed by atoms with E-state index < -0.39 is 10.1 Å². The Morgan fingerprint density at radius 3 is 1.94 bits per heavy atom. The first kappa shape index (κ1) is 30.3. The molecule has 0 fully saturated rings. The molecule has 1 rings (SSSR count). The fourth-order valence-corrected chi connectivity index (χ4v) is 4.44. The fourth-order valence-electron chi connectivity index (χ4n) is 3.92. The highest BCUT2D eigenvalue weighted by atomic mass is 32.2. The van der Waals surface area contributed by atoms with Crippen LogP contribution in [0.4, 0.5) is 0 Å². The topological polar surface area (TPSA) is 72.9 Å². The molecular formula is C27H47NO5S. The molecule has 0 unspecified atom stereocenters. The van der Waals surface area contributed by atoms with Gasteiger partial charge in [0.05, 0.1) is 12.9 Å². The number of hydrogen-bond acceptors (Lipinski definition) is 5. The standard InChI is InChI=1S/C27H47NO5S/c1-6-8-9-10-11-12-13-14-15-16-17-18-27(29)28(23(3)4)22-24-19-20-25(32-5)26(21-24)33-34(30,31)7-2/h19-21,23H,6-18,22H2,1-5H3. The van der Waals surface area contributed by atoms with Gasteiger partial charge < -0.3 is 13.8 Å². The molecule has 0 bridgehead atoms. The van der Waals surface area contributed by atoms with E-state index in [-0.39, 0.29) is 23.5 Å². The minimum Gasteiger partial charge on any atom is -0.493 e. The number of methoxy groups -OCH3 is 1. The van der Waals surface area contributed by atoms with E-state index in [0.29, 0.717) is 18.7 Å². The molecule has 0 aliphatic carbocycles. The highest BCUT2D eigenvalue weighted by Gasteiger charge is 2.19. The number of rotatable bonds is 19. The number of carbonyl (C=O) groups excluding carboxylic acids is 1. The van der Waals surface area contributed by atoms with Crippen molar-refractivity contribution in [1.82, 2.24) is 4.90 Å². The van der Waals surface area contributed by atoms with Crippen LogP contribution in [0, 0.1) is 0 Å². The number of carbonyl (C=O) groups is 1. The maximum Gasteiger partial charge on any atom is 0.309 e. The molecular weight excluding hydrogens is 450 g/mol. The molecule has 0 aliphatic rings. The number of amides is 1. The van der Waals surface area contributed by atoms with E-state index >= 15 is 0 Å². The molecule has 6 nitrogen and oxygen atoms in total. The normalized spacial score (nSPS) is 11.6. The summed E-state index contributed by atoms with van der Waals surface area (Å²) in [7, 11) is -2.20. The number of unbranched alkanes of at least 4 members (excludes halogenated alkanes) is 10. The number of benzene rings is 1. The second kappa shape index (κ2) is 16.8. The van der Waals surface area contributed by atoms with Crippen LogP contribution in [0.15, 0.2) is 18.2 Å². The molecule has 0 atom stereocenters. The number of ether oxygens (including phenoxy) is 1. The Labute approximate surface area is 208 Å². The lowest BCUT2D eigenvalue weighted by Gasteiger charge is -2.27. The summed E-state index contributed by atoms with van der Waals surface area (Å²) in [6.45, 7) is 8.18. The van der Waals surface area contributed by atoms with Crippen molar-refractivity contribution in [2.24, 2.45) is 0 Å². The Hall–Kier alpha value is -1.76. The molecule has 0 aliphatic heterocycles. The van der Waals surface area contributed by atoms with E-state index in [0.717, 1.165) is 18.4 Å². The monoisotopic (exact) mass is 497 g/mol. The Morgan fingerprint density at radius 1 is 0.882 bits per heavy atom. The summed E-state index contributed by atoms with van der Waals surface area (Å²) in [6, 6.07) is 5.22. The highest BCUT2D eigenvalue weighted by Crippen LogP contribution is 2.30. The van der Waals surface area contributed by atoms with Crippen LogP contribution in [0.2, 0.25) is 0 Å². The zero-order chi connectivity index (χ0) is 25.4. The maximum atomic E-state index is 12.9. The average Bonchev–Trinajstić information content (AvgIpc) is 2.80. The predicted molar refractivity (Wildman–Crippen MR) is 140 cm³/mol. The molecule has 7 heteroatoms. The van der Waals surface area contributed by atoms with Crippen LogP contribution in [0.5, 0.6) is 11.5 Å². The molecule has 34 heavy (non-hydrogen) atoms. The van der Waals surface area contributed by atoms with Crippen molar-refractivity contribution in [2.75, 3.05) is 12.9 Å². The van der Waals surface area contributed by atoms with Crippen LogP contribution in [0.1, 0.15) is 110 Å². The first-order chi connectivity index (χ1) is 16.2. The van der Waals surface area contributed by atoms with Gasteiger partial charge in [-0.3, -0.25) is 4.79 Å². The van der Waals surface area contributed by atoms with Crippen molar-refractivity contribution in [2.45, 2.75) is 117 Å². The number of nitrogens with zero attached hydrogens (tertiary/aromatic N) is 1. The van der Waals surface area contributed by atoms with Crippen molar-refractivity contribution in [3.63, 3.8) is 0 Å². The van der Waals surface area contributed by atoms with Gasteiger partial charge >= 0.3 is 10.1 Å². The minimum atomic E-state index is -3.67. The molecule has 0 saturated carbocycles. The predicted octanol–water partition coefficient (Wildman–Crippen LogP) is 6.86. The zero-order valence-electron chi connectivity index (χ0n) is 22.1. The molecule has 0 spiro atoms. The van der Waals surface area contributed by atoms with Gasteiger partial charge in [-0.15, -0.1) is 0 Å². The lowest BCUT2D eigenvalue weighted by molar-refractivity contribution is -0.133. The Balaban J connectivity index is 2.51. The minimum absolute atomic E-state index is 0.0473. The van der Waals surface area contributed by atoms with Crippen LogP contribution in [0.25, 0.3) is 0 Å². The third kappa shape index (κ3) is 12.1. The molecule has 1 amide bonds. The van der Waals surface area contributed by atoms with Crippen LogP contribution >= 0.6 is 0 Å². The Kier molecular flexibility index (Phi) is 15.0. The second-order valence-electron chi connectivity index (χ2n) is 9.32. The number of hydrogen-bond donors (Lipinski definition) is 0. The molecule has 196 valence electrons. The fraction of sp³-hybridized carbons (Fsp3) is 0.741. The molecule has 0 radical (unpaired) electrons. The van der Waals surface area contributed by atoms with Crippen molar-refractivity contribution in [3.05, 3.63) is 23.8 Å². The molecule has 0 saturated heterocycles. The summed E-state index contributed by atoms with van der Waals surface area (Å²) in [5.74, 6) is 0.508. The smallest absolute Gasteiger partial charge is 0.309 e. The van der Waals surface area contributed by atoms with Gasteiger partial charge in [0.25, 0.3) is 0 Å². The average molecular weight is 498 g/mol. The zero-order valence-corrected chi connectivity index (χ0v) is 22.9. The Bertz CT molecular complexity index is 807. The summed E-state index contributed by atoms with van der Waals surface area (Å²) >= 11 is 0. The van der Waals surface area contributed by atoms with E-state index in [9.17, 15) is 13.2 Å². The van der Waals surface area contributed by atoms with E-state index in [1.54, 1.807) is 12.1 Å². The first-order valence-corrected chi connectivity index (χ1v) is 14.7.